The molecule has 0 unspecified atom stereocenters. The molecule has 4 rings (SSSR count). The average molecular weight is 831 g/mol. The van der Waals surface area contributed by atoms with Gasteiger partial charge in [0.15, 0.2) is 11.6 Å². The Labute approximate surface area is 322 Å². The highest BCUT2D eigenvalue weighted by atomic mass is 32.1. The Hall–Kier alpha value is -6.05. The number of anilines is 1. The summed E-state index contributed by atoms with van der Waals surface area (Å²) in [5, 5.41) is 3.53. The molecule has 304 valence electrons. The molecule has 20 heteroatoms. The second-order valence-corrected chi connectivity index (χ2v) is 12.8. The quantitative estimate of drug-likeness (QED) is 0.0492. The molecule has 1 aromatic heterocycles. The third kappa shape index (κ3) is 9.50. The van der Waals surface area contributed by atoms with E-state index in [0.29, 0.717) is 36.4 Å². The van der Waals surface area contributed by atoms with E-state index in [4.69, 9.17) is 18.9 Å². The highest BCUT2D eigenvalue weighted by Crippen LogP contribution is 2.38. The van der Waals surface area contributed by atoms with Gasteiger partial charge in [-0.3, -0.25) is 19.2 Å². The van der Waals surface area contributed by atoms with Crippen LogP contribution in [0.3, 0.4) is 0 Å². The molecule has 0 spiro atoms. The van der Waals surface area contributed by atoms with Crippen LogP contribution in [0.15, 0.2) is 66.0 Å². The van der Waals surface area contributed by atoms with Gasteiger partial charge >= 0.3 is 30.4 Å². The van der Waals surface area contributed by atoms with Gasteiger partial charge in [-0.1, -0.05) is 18.2 Å². The predicted molar refractivity (Wildman–Crippen MR) is 185 cm³/mol. The van der Waals surface area contributed by atoms with Crippen molar-refractivity contribution in [1.29, 1.82) is 0 Å². The zero-order chi connectivity index (χ0) is 42.5. The lowest BCUT2D eigenvalue weighted by atomic mass is 9.87. The number of amides is 2. The van der Waals surface area contributed by atoms with E-state index in [9.17, 15) is 50.3 Å². The Bertz CT molecular complexity index is 2140. The smallest absolute Gasteiger partial charge is 0.465 e. The SMILES string of the molecule is CCOC(=O)C(COC(=O)Oc1c(F)cc(NC(=O)c2ccc(C(F)(F)F)cc2-c2ccc(C(F)(F)F)cc2)c(C(=O)N(C)C)c1F)(C(=O)OCC)c1cccs1. The van der Waals surface area contributed by atoms with Gasteiger partial charge in [0.25, 0.3) is 11.8 Å². The van der Waals surface area contributed by atoms with Crippen LogP contribution in [-0.2, 0) is 41.6 Å². The van der Waals surface area contributed by atoms with Crippen molar-refractivity contribution < 1.29 is 78.0 Å². The van der Waals surface area contributed by atoms with Gasteiger partial charge in [-0.15, -0.1) is 11.3 Å². The van der Waals surface area contributed by atoms with Crippen molar-refractivity contribution in [2.75, 3.05) is 39.2 Å². The van der Waals surface area contributed by atoms with Crippen LogP contribution in [0.1, 0.15) is 50.6 Å². The van der Waals surface area contributed by atoms with Crippen LogP contribution in [0.2, 0.25) is 0 Å². The maximum absolute atomic E-state index is 16.1. The van der Waals surface area contributed by atoms with Gasteiger partial charge in [0.1, 0.15) is 12.2 Å². The molecule has 0 radical (unpaired) electrons. The second kappa shape index (κ2) is 17.4. The molecule has 0 atom stereocenters. The number of hydrogen-bond donors (Lipinski definition) is 1. The summed E-state index contributed by atoms with van der Waals surface area (Å²) < 4.78 is 132. The lowest BCUT2D eigenvalue weighted by Gasteiger charge is -2.27. The summed E-state index contributed by atoms with van der Waals surface area (Å²) in [6.45, 7) is 1.30. The molecule has 0 saturated carbocycles. The van der Waals surface area contributed by atoms with Crippen molar-refractivity contribution in [1.82, 2.24) is 4.90 Å². The Morgan fingerprint density at radius 2 is 1.35 bits per heavy atom. The van der Waals surface area contributed by atoms with Crippen LogP contribution in [0.5, 0.6) is 5.75 Å². The normalized spacial score (nSPS) is 11.7. The first kappa shape index (κ1) is 43.7. The molecule has 0 aliphatic heterocycles. The molecule has 1 heterocycles. The molecule has 2 amide bonds. The van der Waals surface area contributed by atoms with Crippen LogP contribution >= 0.6 is 11.3 Å². The fourth-order valence-corrected chi connectivity index (χ4v) is 6.08. The summed E-state index contributed by atoms with van der Waals surface area (Å²) in [5.74, 6) is -10.1. The number of carbonyl (C=O) groups excluding carboxylic acids is 5. The molecule has 3 aromatic carbocycles. The molecule has 0 aliphatic carbocycles. The Balaban J connectivity index is 1.73. The first-order chi connectivity index (χ1) is 26.7. The van der Waals surface area contributed by atoms with Gasteiger partial charge in [-0.2, -0.15) is 26.3 Å². The Kier molecular flexibility index (Phi) is 13.3. The van der Waals surface area contributed by atoms with Gasteiger partial charge < -0.3 is 29.2 Å². The van der Waals surface area contributed by atoms with Crippen LogP contribution in [0, 0.1) is 11.6 Å². The van der Waals surface area contributed by atoms with Crippen molar-refractivity contribution in [2.24, 2.45) is 0 Å². The number of esters is 2. The van der Waals surface area contributed by atoms with Crippen molar-refractivity contribution in [3.8, 4) is 16.9 Å². The number of thiophene rings is 1. The summed E-state index contributed by atoms with van der Waals surface area (Å²) in [6.07, 6.45) is -11.6. The Morgan fingerprint density at radius 1 is 0.772 bits per heavy atom. The maximum Gasteiger partial charge on any atom is 0.514 e. The largest absolute Gasteiger partial charge is 0.514 e. The van der Waals surface area contributed by atoms with E-state index in [1.54, 1.807) is 0 Å². The summed E-state index contributed by atoms with van der Waals surface area (Å²) >= 11 is 0.893. The van der Waals surface area contributed by atoms with Crippen LogP contribution < -0.4 is 10.1 Å². The average Bonchev–Trinajstić information content (AvgIpc) is 3.68. The molecule has 0 aliphatic rings. The number of rotatable bonds is 12. The van der Waals surface area contributed by atoms with Crippen LogP contribution in [0.25, 0.3) is 11.1 Å². The standard InChI is InChI=1S/C37H30F8N2O9S/c1-5-53-32(50)35(33(51)54-6-2,26-8-7-15-57-26)18-55-34(52)56-29-24(38)17-25(27(28(29)39)31(49)47(3)4)46-30(48)22-14-13-21(37(43,44)45)16-23(22)19-9-11-20(12-10-19)36(40,41)42/h7-17H,5-6,18H2,1-4H3,(H,46,48). The number of nitrogens with one attached hydrogen (secondary N) is 1. The monoisotopic (exact) mass is 830 g/mol. The fraction of sp³-hybridized carbons (Fsp3) is 0.270. The highest BCUT2D eigenvalue weighted by Gasteiger charge is 2.53. The van der Waals surface area contributed by atoms with E-state index in [1.807, 2.05) is 5.32 Å². The highest BCUT2D eigenvalue weighted by molar-refractivity contribution is 7.10. The third-order valence-corrected chi connectivity index (χ3v) is 8.97. The fourth-order valence-electron chi connectivity index (χ4n) is 5.20. The minimum Gasteiger partial charge on any atom is -0.465 e. The van der Waals surface area contributed by atoms with E-state index in [2.05, 4.69) is 0 Å². The summed E-state index contributed by atoms with van der Waals surface area (Å²) in [6, 6.07) is 7.53. The molecule has 0 fully saturated rings. The molecule has 0 saturated heterocycles. The van der Waals surface area contributed by atoms with Gasteiger partial charge in [0, 0.05) is 30.6 Å². The van der Waals surface area contributed by atoms with E-state index in [-0.39, 0.29) is 23.7 Å². The summed E-state index contributed by atoms with van der Waals surface area (Å²) in [7, 11) is 2.25. The lowest BCUT2D eigenvalue weighted by Crippen LogP contribution is -2.50. The van der Waals surface area contributed by atoms with Gasteiger partial charge in [0.2, 0.25) is 11.2 Å². The van der Waals surface area contributed by atoms with E-state index in [0.717, 1.165) is 42.5 Å². The molecule has 1 N–H and O–H groups in total. The molecular weight excluding hydrogens is 800 g/mol. The van der Waals surface area contributed by atoms with E-state index in [1.165, 1.54) is 31.4 Å². The topological polar surface area (TPSA) is 138 Å². The molecule has 0 bridgehead atoms. The number of hydrogen-bond acceptors (Lipinski definition) is 10. The van der Waals surface area contributed by atoms with E-state index >= 15 is 8.78 Å². The zero-order valence-electron chi connectivity index (χ0n) is 30.0. The van der Waals surface area contributed by atoms with Gasteiger partial charge in [-0.25, -0.2) is 13.6 Å². The zero-order valence-corrected chi connectivity index (χ0v) is 30.8. The summed E-state index contributed by atoms with van der Waals surface area (Å²) in [4.78, 5) is 66.8. The van der Waals surface area contributed by atoms with Gasteiger partial charge in [-0.05, 0) is 66.8 Å². The number of halogens is 8. The number of benzene rings is 3. The number of nitrogens with zero attached hydrogens (tertiary/aromatic N) is 1. The van der Waals surface area contributed by atoms with Crippen molar-refractivity contribution >= 4 is 46.9 Å². The number of alkyl halides is 6. The summed E-state index contributed by atoms with van der Waals surface area (Å²) in [5.41, 5.74) is -8.29. The predicted octanol–water partition coefficient (Wildman–Crippen LogP) is 8.26. The number of ether oxygens (including phenoxy) is 4. The second-order valence-electron chi connectivity index (χ2n) is 11.9. The lowest BCUT2D eigenvalue weighted by molar-refractivity contribution is -0.167. The van der Waals surface area contributed by atoms with Crippen molar-refractivity contribution in [2.45, 2.75) is 31.6 Å². The molecule has 4 aromatic rings. The van der Waals surface area contributed by atoms with Crippen LogP contribution in [0.4, 0.5) is 45.6 Å². The van der Waals surface area contributed by atoms with Crippen LogP contribution in [-0.4, -0.2) is 68.7 Å². The molecular formula is C37H30F8N2O9S. The number of carbonyl (C=O) groups is 5. The Morgan fingerprint density at radius 3 is 1.86 bits per heavy atom. The minimum atomic E-state index is -4.96. The van der Waals surface area contributed by atoms with E-state index < -0.39 is 105 Å². The first-order valence-electron chi connectivity index (χ1n) is 16.3. The molecule has 11 nitrogen and oxygen atoms in total. The minimum absolute atomic E-state index is 0.0121. The van der Waals surface area contributed by atoms with Crippen molar-refractivity contribution in [3.05, 3.63) is 105 Å². The van der Waals surface area contributed by atoms with Crippen molar-refractivity contribution in [3.63, 3.8) is 0 Å². The first-order valence-corrected chi connectivity index (χ1v) is 17.2. The maximum atomic E-state index is 16.1. The van der Waals surface area contributed by atoms with Gasteiger partial charge in [0.05, 0.1) is 30.0 Å². The third-order valence-electron chi connectivity index (χ3n) is 7.94. The molecule has 57 heavy (non-hydrogen) atoms.